The number of phenolic OH excluding ortho intramolecular Hbond substituents is 1. The number of ether oxygens (including phenoxy) is 2. The van der Waals surface area contributed by atoms with Gasteiger partial charge in [0.1, 0.15) is 11.3 Å². The Hall–Kier alpha value is -3.81. The van der Waals surface area contributed by atoms with Crippen LogP contribution in [0.5, 0.6) is 17.2 Å². The Kier molecular flexibility index (Phi) is 4.80. The number of benzene rings is 2. The standard InChI is InChI=1S/C19H16N2O6/c1-26-13-6-4-12(5-7-13)21-18(24)14(17(23)20-19(21)25)9-11-3-8-16(27-2)15(22)10-11/h3-10,22H,1-2H3,(H,20,23,25). The molecule has 8 heteroatoms. The van der Waals surface area contributed by atoms with Crippen LogP contribution in [0.1, 0.15) is 5.56 Å². The van der Waals surface area contributed by atoms with Gasteiger partial charge in [0.05, 0.1) is 19.9 Å². The number of phenols is 1. The molecule has 3 rings (SSSR count). The molecule has 1 saturated heterocycles. The van der Waals surface area contributed by atoms with Gasteiger partial charge < -0.3 is 14.6 Å². The van der Waals surface area contributed by atoms with Crippen LogP contribution in [0.2, 0.25) is 0 Å². The highest BCUT2D eigenvalue weighted by molar-refractivity contribution is 6.39. The lowest BCUT2D eigenvalue weighted by molar-refractivity contribution is -0.122. The number of carbonyl (C=O) groups excluding carboxylic acids is 3. The highest BCUT2D eigenvalue weighted by atomic mass is 16.5. The third kappa shape index (κ3) is 3.45. The largest absolute Gasteiger partial charge is 0.504 e. The number of nitrogens with one attached hydrogen (secondary N) is 1. The quantitative estimate of drug-likeness (QED) is 0.632. The summed E-state index contributed by atoms with van der Waals surface area (Å²) in [5.41, 5.74) is 0.445. The van der Waals surface area contributed by atoms with E-state index in [1.807, 2.05) is 0 Å². The Morgan fingerprint density at radius 1 is 1.00 bits per heavy atom. The van der Waals surface area contributed by atoms with Crippen LogP contribution in [0, 0.1) is 0 Å². The summed E-state index contributed by atoms with van der Waals surface area (Å²) in [4.78, 5) is 37.9. The molecule has 1 aliphatic heterocycles. The van der Waals surface area contributed by atoms with Crippen LogP contribution in [0.15, 0.2) is 48.0 Å². The van der Waals surface area contributed by atoms with Crippen molar-refractivity contribution in [3.8, 4) is 17.2 Å². The van der Waals surface area contributed by atoms with E-state index in [2.05, 4.69) is 5.32 Å². The highest BCUT2D eigenvalue weighted by Gasteiger charge is 2.36. The van der Waals surface area contributed by atoms with E-state index in [4.69, 9.17) is 9.47 Å². The Morgan fingerprint density at radius 3 is 2.30 bits per heavy atom. The molecule has 0 aliphatic carbocycles. The van der Waals surface area contributed by atoms with Gasteiger partial charge in [-0.2, -0.15) is 0 Å². The van der Waals surface area contributed by atoms with E-state index in [1.54, 1.807) is 18.2 Å². The molecule has 2 aromatic rings. The molecule has 2 N–H and O–H groups in total. The maximum atomic E-state index is 12.8. The van der Waals surface area contributed by atoms with Crippen LogP contribution in [0.3, 0.4) is 0 Å². The Balaban J connectivity index is 1.97. The average Bonchev–Trinajstić information content (AvgIpc) is 2.65. The monoisotopic (exact) mass is 368 g/mol. The van der Waals surface area contributed by atoms with Gasteiger partial charge in [0.2, 0.25) is 0 Å². The van der Waals surface area contributed by atoms with Crippen molar-refractivity contribution in [2.24, 2.45) is 0 Å². The van der Waals surface area contributed by atoms with E-state index < -0.39 is 17.8 Å². The summed E-state index contributed by atoms with van der Waals surface area (Å²) < 4.78 is 10.0. The Bertz CT molecular complexity index is 949. The van der Waals surface area contributed by atoms with Crippen LogP contribution in [-0.4, -0.2) is 37.2 Å². The SMILES string of the molecule is COc1ccc(N2C(=O)NC(=O)C(=Cc3ccc(OC)c(O)c3)C2=O)cc1. The first-order valence-electron chi connectivity index (χ1n) is 7.87. The van der Waals surface area contributed by atoms with Crippen LogP contribution in [0.25, 0.3) is 6.08 Å². The van der Waals surface area contributed by atoms with Crippen molar-refractivity contribution < 1.29 is 29.0 Å². The van der Waals surface area contributed by atoms with E-state index >= 15 is 0 Å². The summed E-state index contributed by atoms with van der Waals surface area (Å²) in [7, 11) is 2.90. The lowest BCUT2D eigenvalue weighted by Gasteiger charge is -2.26. The molecule has 0 aromatic heterocycles. The van der Waals surface area contributed by atoms with Crippen LogP contribution >= 0.6 is 0 Å². The number of carbonyl (C=O) groups is 3. The number of imide groups is 2. The topological polar surface area (TPSA) is 105 Å². The smallest absolute Gasteiger partial charge is 0.335 e. The second-order valence-corrected chi connectivity index (χ2v) is 5.59. The zero-order valence-electron chi connectivity index (χ0n) is 14.6. The van der Waals surface area contributed by atoms with Crippen molar-refractivity contribution >= 4 is 29.6 Å². The first-order chi connectivity index (χ1) is 12.9. The van der Waals surface area contributed by atoms with Crippen LogP contribution in [0.4, 0.5) is 10.5 Å². The molecule has 1 aliphatic rings. The predicted molar refractivity (Wildman–Crippen MR) is 96.7 cm³/mol. The number of aromatic hydroxyl groups is 1. The third-order valence-electron chi connectivity index (χ3n) is 3.95. The summed E-state index contributed by atoms with van der Waals surface area (Å²) in [6.07, 6.45) is 1.29. The number of urea groups is 1. The fourth-order valence-corrected chi connectivity index (χ4v) is 2.59. The molecule has 0 radical (unpaired) electrons. The number of hydrogen-bond donors (Lipinski definition) is 2. The van der Waals surface area contributed by atoms with Crippen LogP contribution in [-0.2, 0) is 9.59 Å². The van der Waals surface area contributed by atoms with E-state index in [0.717, 1.165) is 4.90 Å². The minimum Gasteiger partial charge on any atom is -0.504 e. The van der Waals surface area contributed by atoms with E-state index in [-0.39, 0.29) is 22.8 Å². The number of anilines is 1. The summed E-state index contributed by atoms with van der Waals surface area (Å²) in [6.45, 7) is 0. The number of barbiturate groups is 1. The van der Waals surface area contributed by atoms with Gasteiger partial charge in [-0.05, 0) is 48.0 Å². The summed E-state index contributed by atoms with van der Waals surface area (Å²) in [5, 5.41) is 12.0. The number of amides is 4. The van der Waals surface area contributed by atoms with Crippen molar-refractivity contribution in [2.45, 2.75) is 0 Å². The van der Waals surface area contributed by atoms with Crippen LogP contribution < -0.4 is 19.7 Å². The van der Waals surface area contributed by atoms with Crippen molar-refractivity contribution in [1.82, 2.24) is 5.32 Å². The Morgan fingerprint density at radius 2 is 1.70 bits per heavy atom. The van der Waals surface area contributed by atoms with Gasteiger partial charge in [-0.15, -0.1) is 0 Å². The molecular weight excluding hydrogens is 352 g/mol. The van der Waals surface area contributed by atoms with Crippen molar-refractivity contribution in [3.05, 3.63) is 53.6 Å². The summed E-state index contributed by atoms with van der Waals surface area (Å²) >= 11 is 0. The van der Waals surface area contributed by atoms with Gasteiger partial charge in [-0.3, -0.25) is 14.9 Å². The minimum absolute atomic E-state index is 0.140. The molecule has 4 amide bonds. The van der Waals surface area contributed by atoms with Gasteiger partial charge in [0.15, 0.2) is 11.5 Å². The molecule has 0 atom stereocenters. The molecule has 0 unspecified atom stereocenters. The second kappa shape index (κ2) is 7.20. The molecule has 138 valence electrons. The van der Waals surface area contributed by atoms with Gasteiger partial charge in [-0.1, -0.05) is 6.07 Å². The third-order valence-corrected chi connectivity index (χ3v) is 3.95. The molecule has 1 fully saturated rings. The van der Waals surface area contributed by atoms with Gasteiger partial charge in [0, 0.05) is 0 Å². The average molecular weight is 368 g/mol. The van der Waals surface area contributed by atoms with E-state index in [0.29, 0.717) is 11.3 Å². The molecule has 27 heavy (non-hydrogen) atoms. The fraction of sp³-hybridized carbons (Fsp3) is 0.105. The zero-order valence-corrected chi connectivity index (χ0v) is 14.6. The van der Waals surface area contributed by atoms with E-state index in [1.165, 1.54) is 44.6 Å². The number of methoxy groups -OCH3 is 2. The molecule has 0 bridgehead atoms. The molecule has 0 spiro atoms. The number of rotatable bonds is 4. The zero-order chi connectivity index (χ0) is 19.6. The van der Waals surface area contributed by atoms with Crippen molar-refractivity contribution in [2.75, 3.05) is 19.1 Å². The Labute approximate surface area is 154 Å². The first kappa shape index (κ1) is 18.0. The van der Waals surface area contributed by atoms with Crippen molar-refractivity contribution in [1.29, 1.82) is 0 Å². The normalized spacial score (nSPS) is 15.7. The van der Waals surface area contributed by atoms with Crippen molar-refractivity contribution in [3.63, 3.8) is 0 Å². The second-order valence-electron chi connectivity index (χ2n) is 5.59. The molecule has 1 heterocycles. The lowest BCUT2D eigenvalue weighted by atomic mass is 10.1. The number of nitrogens with zero attached hydrogens (tertiary/aromatic N) is 1. The molecule has 0 saturated carbocycles. The minimum atomic E-state index is -0.843. The fourth-order valence-electron chi connectivity index (χ4n) is 2.59. The maximum Gasteiger partial charge on any atom is 0.335 e. The van der Waals surface area contributed by atoms with E-state index in [9.17, 15) is 19.5 Å². The lowest BCUT2D eigenvalue weighted by Crippen LogP contribution is -2.54. The molecular formula is C19H16N2O6. The van der Waals surface area contributed by atoms with Gasteiger partial charge in [-0.25, -0.2) is 9.69 Å². The molecule has 2 aromatic carbocycles. The highest BCUT2D eigenvalue weighted by Crippen LogP contribution is 2.28. The van der Waals surface area contributed by atoms with Gasteiger partial charge in [0.25, 0.3) is 11.8 Å². The van der Waals surface area contributed by atoms with Gasteiger partial charge >= 0.3 is 6.03 Å². The number of hydrogen-bond acceptors (Lipinski definition) is 6. The maximum absolute atomic E-state index is 12.8. The summed E-state index contributed by atoms with van der Waals surface area (Å²) in [5.74, 6) is -0.913. The molecule has 8 nitrogen and oxygen atoms in total. The predicted octanol–water partition coefficient (Wildman–Crippen LogP) is 2.08. The first-order valence-corrected chi connectivity index (χ1v) is 7.87. The summed E-state index contributed by atoms with van der Waals surface area (Å²) in [6, 6.07) is 9.82.